The lowest BCUT2D eigenvalue weighted by molar-refractivity contribution is -0.00374. The van der Waals surface area contributed by atoms with Crippen LogP contribution >= 0.6 is 0 Å². The molecule has 0 amide bonds. The Morgan fingerprint density at radius 1 is 1.24 bits per heavy atom. The molecular formula is C13H29NO2S. The highest BCUT2D eigenvalue weighted by molar-refractivity contribution is 7.86. The fourth-order valence-corrected chi connectivity index (χ4v) is 2.69. The molecule has 0 aromatic rings. The maximum atomic E-state index is 12.2. The van der Waals surface area contributed by atoms with E-state index in [1.807, 2.05) is 34.6 Å². The highest BCUT2D eigenvalue weighted by Crippen LogP contribution is 2.19. The molecule has 0 aliphatic rings. The highest BCUT2D eigenvalue weighted by Gasteiger charge is 2.33. The SMILES string of the molecule is CCCNC(CS(=O)C(C)(C)C)C(C)(C)OC. The van der Waals surface area contributed by atoms with Crippen LogP contribution in [0.1, 0.15) is 48.0 Å². The van der Waals surface area contributed by atoms with Gasteiger partial charge in [0, 0.05) is 34.5 Å². The van der Waals surface area contributed by atoms with Crippen molar-refractivity contribution in [2.75, 3.05) is 19.4 Å². The molecule has 2 atom stereocenters. The van der Waals surface area contributed by atoms with E-state index in [-0.39, 0.29) is 16.4 Å². The minimum atomic E-state index is -0.861. The third kappa shape index (κ3) is 5.98. The topological polar surface area (TPSA) is 38.3 Å². The fourth-order valence-electron chi connectivity index (χ4n) is 1.37. The third-order valence-corrected chi connectivity index (χ3v) is 5.01. The van der Waals surface area contributed by atoms with Crippen LogP contribution in [0.4, 0.5) is 0 Å². The number of rotatable bonds is 7. The van der Waals surface area contributed by atoms with Crippen LogP contribution in [0.25, 0.3) is 0 Å². The van der Waals surface area contributed by atoms with Crippen molar-refractivity contribution in [3.05, 3.63) is 0 Å². The molecule has 17 heavy (non-hydrogen) atoms. The van der Waals surface area contributed by atoms with Gasteiger partial charge in [0.05, 0.1) is 5.60 Å². The second-order valence-corrected chi connectivity index (χ2v) is 8.19. The monoisotopic (exact) mass is 263 g/mol. The van der Waals surface area contributed by atoms with Gasteiger partial charge in [0.1, 0.15) is 0 Å². The molecule has 0 aliphatic carbocycles. The summed E-state index contributed by atoms with van der Waals surface area (Å²) >= 11 is 0. The molecule has 1 N–H and O–H groups in total. The fraction of sp³-hybridized carbons (Fsp3) is 1.00. The van der Waals surface area contributed by atoms with Gasteiger partial charge in [-0.3, -0.25) is 4.21 Å². The summed E-state index contributed by atoms with van der Waals surface area (Å²) < 4.78 is 17.6. The van der Waals surface area contributed by atoms with Crippen LogP contribution in [0.3, 0.4) is 0 Å². The van der Waals surface area contributed by atoms with E-state index in [4.69, 9.17) is 4.74 Å². The molecule has 0 saturated heterocycles. The maximum absolute atomic E-state index is 12.2. The molecule has 0 fully saturated rings. The summed E-state index contributed by atoms with van der Waals surface area (Å²) in [4.78, 5) is 0. The van der Waals surface area contributed by atoms with Gasteiger partial charge in [-0.25, -0.2) is 0 Å². The largest absolute Gasteiger partial charge is 0.377 e. The molecule has 0 rings (SSSR count). The molecule has 4 heteroatoms. The van der Waals surface area contributed by atoms with Crippen molar-refractivity contribution < 1.29 is 8.95 Å². The lowest BCUT2D eigenvalue weighted by Crippen LogP contribution is -2.52. The van der Waals surface area contributed by atoms with Crippen molar-refractivity contribution in [3.8, 4) is 0 Å². The summed E-state index contributed by atoms with van der Waals surface area (Å²) in [5.41, 5.74) is -0.296. The van der Waals surface area contributed by atoms with Gasteiger partial charge in [-0.1, -0.05) is 6.92 Å². The molecule has 2 unspecified atom stereocenters. The molecule has 0 radical (unpaired) electrons. The van der Waals surface area contributed by atoms with E-state index in [0.717, 1.165) is 13.0 Å². The molecular weight excluding hydrogens is 234 g/mol. The van der Waals surface area contributed by atoms with Crippen molar-refractivity contribution in [1.82, 2.24) is 5.32 Å². The minimum absolute atomic E-state index is 0.118. The summed E-state index contributed by atoms with van der Waals surface area (Å²) in [5.74, 6) is 0.629. The lowest BCUT2D eigenvalue weighted by atomic mass is 10.0. The van der Waals surface area contributed by atoms with Crippen LogP contribution < -0.4 is 5.32 Å². The number of hydrogen-bond donors (Lipinski definition) is 1. The average Bonchev–Trinajstić information content (AvgIpc) is 2.22. The van der Waals surface area contributed by atoms with Gasteiger partial charge in [-0.05, 0) is 47.6 Å². The second kappa shape index (κ2) is 6.86. The summed E-state index contributed by atoms with van der Waals surface area (Å²) in [5, 5.41) is 3.45. The number of ether oxygens (including phenoxy) is 1. The molecule has 0 spiro atoms. The van der Waals surface area contributed by atoms with E-state index in [1.54, 1.807) is 7.11 Å². The zero-order valence-corrected chi connectivity index (χ0v) is 13.2. The summed E-state index contributed by atoms with van der Waals surface area (Å²) in [6, 6.07) is 0.118. The highest BCUT2D eigenvalue weighted by atomic mass is 32.2. The summed E-state index contributed by atoms with van der Waals surface area (Å²) in [6.07, 6.45) is 1.07. The number of methoxy groups -OCH3 is 1. The summed E-state index contributed by atoms with van der Waals surface area (Å²) in [6.45, 7) is 13.2. The average molecular weight is 263 g/mol. The van der Waals surface area contributed by atoms with Gasteiger partial charge in [-0.2, -0.15) is 0 Å². The van der Waals surface area contributed by atoms with Crippen LogP contribution in [0.2, 0.25) is 0 Å². The molecule has 0 aromatic heterocycles. The Morgan fingerprint density at radius 2 is 1.76 bits per heavy atom. The molecule has 0 aromatic carbocycles. The Kier molecular flexibility index (Phi) is 6.89. The first-order valence-electron chi connectivity index (χ1n) is 6.32. The third-order valence-electron chi connectivity index (χ3n) is 3.01. The van der Waals surface area contributed by atoms with E-state index in [2.05, 4.69) is 12.2 Å². The van der Waals surface area contributed by atoms with Crippen LogP contribution in [0.5, 0.6) is 0 Å². The Hall–Kier alpha value is 0.0700. The van der Waals surface area contributed by atoms with Gasteiger partial charge in [0.25, 0.3) is 0 Å². The normalized spacial score (nSPS) is 16.9. The Labute approximate surface area is 109 Å². The molecule has 0 heterocycles. The van der Waals surface area contributed by atoms with E-state index in [0.29, 0.717) is 5.75 Å². The first-order chi connectivity index (χ1) is 7.65. The van der Waals surface area contributed by atoms with E-state index >= 15 is 0 Å². The van der Waals surface area contributed by atoms with E-state index in [9.17, 15) is 4.21 Å². The Bertz CT molecular complexity index is 246. The Balaban J connectivity index is 4.66. The molecule has 104 valence electrons. The van der Waals surface area contributed by atoms with Crippen LogP contribution in [-0.2, 0) is 15.5 Å². The number of hydrogen-bond acceptors (Lipinski definition) is 3. The molecule has 3 nitrogen and oxygen atoms in total. The van der Waals surface area contributed by atoms with Gasteiger partial charge < -0.3 is 10.1 Å². The summed E-state index contributed by atoms with van der Waals surface area (Å²) in [7, 11) is 0.848. The van der Waals surface area contributed by atoms with Gasteiger partial charge in [-0.15, -0.1) is 0 Å². The van der Waals surface area contributed by atoms with Crippen LogP contribution in [0.15, 0.2) is 0 Å². The predicted molar refractivity (Wildman–Crippen MR) is 75.9 cm³/mol. The van der Waals surface area contributed by atoms with Crippen molar-refractivity contribution in [2.24, 2.45) is 0 Å². The maximum Gasteiger partial charge on any atom is 0.0784 e. The van der Waals surface area contributed by atoms with Crippen molar-refractivity contribution in [2.45, 2.75) is 64.4 Å². The van der Waals surface area contributed by atoms with Gasteiger partial charge in [0.15, 0.2) is 0 Å². The van der Waals surface area contributed by atoms with Crippen molar-refractivity contribution in [1.29, 1.82) is 0 Å². The Morgan fingerprint density at radius 3 is 2.12 bits per heavy atom. The smallest absolute Gasteiger partial charge is 0.0784 e. The lowest BCUT2D eigenvalue weighted by Gasteiger charge is -2.35. The van der Waals surface area contributed by atoms with E-state index < -0.39 is 10.8 Å². The van der Waals surface area contributed by atoms with Crippen molar-refractivity contribution in [3.63, 3.8) is 0 Å². The molecule has 0 saturated carbocycles. The molecule has 0 aliphatic heterocycles. The first kappa shape index (κ1) is 17.1. The first-order valence-corrected chi connectivity index (χ1v) is 7.64. The predicted octanol–water partition coefficient (Wildman–Crippen LogP) is 2.33. The second-order valence-electron chi connectivity index (χ2n) is 5.94. The zero-order valence-electron chi connectivity index (χ0n) is 12.4. The number of nitrogens with one attached hydrogen (secondary N) is 1. The standard InChI is InChI=1S/C13H29NO2S/c1-8-9-14-11(13(5,6)16-7)10-17(15)12(2,3)4/h11,14H,8-10H2,1-7H3. The quantitative estimate of drug-likeness (QED) is 0.766. The zero-order chi connectivity index (χ0) is 13.7. The van der Waals surface area contributed by atoms with Crippen LogP contribution in [0, 0.1) is 0 Å². The molecule has 0 bridgehead atoms. The van der Waals surface area contributed by atoms with E-state index in [1.165, 1.54) is 0 Å². The van der Waals surface area contributed by atoms with Crippen molar-refractivity contribution >= 4 is 10.8 Å². The minimum Gasteiger partial charge on any atom is -0.377 e. The van der Waals surface area contributed by atoms with Crippen LogP contribution in [-0.4, -0.2) is 40.0 Å². The van der Waals surface area contributed by atoms with Gasteiger partial charge >= 0.3 is 0 Å². The van der Waals surface area contributed by atoms with Gasteiger partial charge in [0.2, 0.25) is 0 Å².